The fraction of sp³-hybridized carbons (Fsp3) is 0.792. The molecule has 5 aliphatic carbocycles. The molecule has 10 nitrogen and oxygen atoms in total. The molecule has 2 unspecified atom stereocenters. The van der Waals surface area contributed by atoms with E-state index in [0.29, 0.717) is 38.0 Å². The third kappa shape index (κ3) is 7.75. The molecule has 1 aromatic rings. The number of carboxylic acid groups (broad SMARTS) is 1. The summed E-state index contributed by atoms with van der Waals surface area (Å²) in [4.78, 5) is 46.2. The largest absolute Gasteiger partial charge is 0.481 e. The number of Topliss-reactive ketones (excluding diaryl/α,β-unsaturated/α-hetero) is 1. The lowest BCUT2D eigenvalue weighted by Crippen LogP contribution is -2.66. The number of rotatable bonds is 16. The predicted octanol–water partition coefficient (Wildman–Crippen LogP) is 7.87. The average molecular weight is 806 g/mol. The number of methoxy groups -OCH3 is 1. The number of hydrogen-bond donors (Lipinski definition) is 3. The number of fused-ring (bicyclic) bond motifs is 7. The van der Waals surface area contributed by atoms with Crippen LogP contribution in [-0.4, -0.2) is 89.9 Å². The number of pyridine rings is 1. The van der Waals surface area contributed by atoms with Gasteiger partial charge in [0.15, 0.2) is 5.78 Å². The highest BCUT2D eigenvalue weighted by atomic mass is 16.5. The summed E-state index contributed by atoms with van der Waals surface area (Å²) in [6.45, 7) is 23.7. The van der Waals surface area contributed by atoms with Crippen LogP contribution in [0.4, 0.5) is 0 Å². The van der Waals surface area contributed by atoms with Gasteiger partial charge in [0.25, 0.3) is 0 Å². The lowest BCUT2D eigenvalue weighted by Gasteiger charge is -2.72. The number of nitrogens with zero attached hydrogens (tertiary/aromatic N) is 2. The number of aromatic nitrogens is 1. The number of ketones is 1. The Morgan fingerprint density at radius 1 is 0.983 bits per heavy atom. The summed E-state index contributed by atoms with van der Waals surface area (Å²) >= 11 is 0. The molecule has 4 fully saturated rings. The van der Waals surface area contributed by atoms with E-state index in [1.54, 1.807) is 21.0 Å². The standard InChI is InChI=1S/C48H75N3O7/c1-31(2)40-34(52)27-48(37(53)30-51(25-23-49-24-26-57-10)29-32-13-11-12-22-50-32)21-20-46(8)33(41(40)48)14-15-36-45(7)18-17-38(58-39(54)28-43(3,4)42(55)56)44(5,6)35(45)16-19-47(36,46)9/h11-13,22,31,33,35-38,49,53H,14-21,23-30H2,1-10H3,(H,55,56)/t33-,35+,36-,37?,38+,45+,46-,47-,48?/m1/s1. The minimum atomic E-state index is -1.17. The maximum atomic E-state index is 14.3. The van der Waals surface area contributed by atoms with Gasteiger partial charge in [-0.1, -0.05) is 60.1 Å². The van der Waals surface area contributed by atoms with E-state index in [2.05, 4.69) is 63.7 Å². The van der Waals surface area contributed by atoms with Crippen LogP contribution in [0.1, 0.15) is 132 Å². The first-order chi connectivity index (χ1) is 27.2. The fourth-order valence-electron chi connectivity index (χ4n) is 13.8. The van der Waals surface area contributed by atoms with Crippen molar-refractivity contribution in [3.63, 3.8) is 0 Å². The molecule has 0 saturated heterocycles. The highest BCUT2D eigenvalue weighted by molar-refractivity contribution is 6.00. The summed E-state index contributed by atoms with van der Waals surface area (Å²) in [7, 11) is 1.71. The summed E-state index contributed by atoms with van der Waals surface area (Å²) in [5.74, 6) is -0.0398. The second kappa shape index (κ2) is 16.7. The molecule has 9 atom stereocenters. The molecule has 0 amide bonds. The molecule has 324 valence electrons. The van der Waals surface area contributed by atoms with Crippen LogP contribution < -0.4 is 5.32 Å². The van der Waals surface area contributed by atoms with E-state index in [4.69, 9.17) is 9.47 Å². The zero-order valence-corrected chi connectivity index (χ0v) is 37.4. The zero-order valence-electron chi connectivity index (χ0n) is 37.4. The van der Waals surface area contributed by atoms with Crippen LogP contribution in [-0.2, 0) is 30.4 Å². The van der Waals surface area contributed by atoms with Gasteiger partial charge in [-0.3, -0.25) is 24.3 Å². The summed E-state index contributed by atoms with van der Waals surface area (Å²) < 4.78 is 11.4. The first-order valence-corrected chi connectivity index (χ1v) is 22.4. The Hall–Kier alpha value is -2.66. The van der Waals surface area contributed by atoms with Gasteiger partial charge < -0.3 is 25.0 Å². The van der Waals surface area contributed by atoms with E-state index >= 15 is 0 Å². The number of hydrogen-bond acceptors (Lipinski definition) is 9. The minimum absolute atomic E-state index is 0.0308. The van der Waals surface area contributed by atoms with Gasteiger partial charge in [0.2, 0.25) is 0 Å². The van der Waals surface area contributed by atoms with Gasteiger partial charge in [-0.15, -0.1) is 0 Å². The maximum absolute atomic E-state index is 14.3. The van der Waals surface area contributed by atoms with E-state index in [1.807, 2.05) is 24.4 Å². The van der Waals surface area contributed by atoms with Crippen LogP contribution in [0.15, 0.2) is 35.5 Å². The number of aliphatic hydroxyl groups is 1. The van der Waals surface area contributed by atoms with Gasteiger partial charge in [0.1, 0.15) is 6.10 Å². The van der Waals surface area contributed by atoms with Crippen LogP contribution in [0.2, 0.25) is 0 Å². The van der Waals surface area contributed by atoms with Crippen LogP contribution >= 0.6 is 0 Å². The van der Waals surface area contributed by atoms with Crippen molar-refractivity contribution in [3.8, 4) is 0 Å². The molecular weight excluding hydrogens is 731 g/mol. The third-order valence-corrected chi connectivity index (χ3v) is 17.1. The number of aliphatic carboxylic acids is 1. The summed E-state index contributed by atoms with van der Waals surface area (Å²) in [6, 6.07) is 5.98. The van der Waals surface area contributed by atoms with Crippen LogP contribution in [0, 0.1) is 56.2 Å². The van der Waals surface area contributed by atoms with Gasteiger partial charge in [0, 0.05) is 63.3 Å². The molecule has 0 spiro atoms. The van der Waals surface area contributed by atoms with E-state index in [9.17, 15) is 24.6 Å². The van der Waals surface area contributed by atoms with Gasteiger partial charge >= 0.3 is 11.9 Å². The number of carbonyl (C=O) groups excluding carboxylic acids is 2. The van der Waals surface area contributed by atoms with Crippen molar-refractivity contribution in [2.24, 2.45) is 56.2 Å². The lowest BCUT2D eigenvalue weighted by atomic mass is 9.33. The highest BCUT2D eigenvalue weighted by Crippen LogP contribution is 2.77. The fourth-order valence-corrected chi connectivity index (χ4v) is 13.8. The van der Waals surface area contributed by atoms with Crippen molar-refractivity contribution in [2.75, 3.05) is 39.9 Å². The van der Waals surface area contributed by atoms with Crippen molar-refractivity contribution >= 4 is 17.7 Å². The number of esters is 1. The SMILES string of the molecule is COCCNCCN(Cc1ccccn1)CC(O)C12CC[C@]3(C)[C@H](CC[C@@H]4[C@@]5(C)CC[C@H](OC(=O)CC(C)(C)C(=O)O)C(C)(C)[C@@H]5CC[C@]43C)C1=C(C(C)C)C(=O)C2. The molecule has 10 heteroatoms. The van der Waals surface area contributed by atoms with Gasteiger partial charge in [-0.05, 0) is 123 Å². The quantitative estimate of drug-likeness (QED) is 0.112. The predicted molar refractivity (Wildman–Crippen MR) is 226 cm³/mol. The second-order valence-electron chi connectivity index (χ2n) is 21.4. The van der Waals surface area contributed by atoms with Gasteiger partial charge in [-0.2, -0.15) is 0 Å². The molecule has 5 aliphatic rings. The summed E-state index contributed by atoms with van der Waals surface area (Å²) in [5.41, 5.74) is 1.28. The monoisotopic (exact) mass is 806 g/mol. The second-order valence-corrected chi connectivity index (χ2v) is 21.4. The Kier molecular flexibility index (Phi) is 12.9. The van der Waals surface area contributed by atoms with Crippen LogP contribution in [0.5, 0.6) is 0 Å². The maximum Gasteiger partial charge on any atom is 0.309 e. The van der Waals surface area contributed by atoms with Gasteiger partial charge in [-0.25, -0.2) is 0 Å². The molecule has 6 rings (SSSR count). The smallest absolute Gasteiger partial charge is 0.309 e. The van der Waals surface area contributed by atoms with Gasteiger partial charge in [0.05, 0.1) is 30.2 Å². The molecular formula is C48H75N3O7. The molecule has 0 radical (unpaired) electrons. The zero-order chi connectivity index (χ0) is 42.5. The highest BCUT2D eigenvalue weighted by Gasteiger charge is 2.71. The Balaban J connectivity index is 1.27. The van der Waals surface area contributed by atoms with E-state index in [1.165, 1.54) is 5.57 Å². The number of ether oxygens (including phenoxy) is 2. The van der Waals surface area contributed by atoms with Crippen LogP contribution in [0.25, 0.3) is 0 Å². The number of carboxylic acids is 1. The molecule has 0 aliphatic heterocycles. The van der Waals surface area contributed by atoms with Crippen LogP contribution in [0.3, 0.4) is 0 Å². The number of aliphatic hydroxyl groups excluding tert-OH is 1. The van der Waals surface area contributed by atoms with Crippen molar-refractivity contribution < 1.29 is 34.1 Å². The summed E-state index contributed by atoms with van der Waals surface area (Å²) in [5, 5.41) is 25.8. The first-order valence-electron chi connectivity index (χ1n) is 22.4. The molecule has 0 bridgehead atoms. The van der Waals surface area contributed by atoms with Crippen molar-refractivity contribution in [3.05, 3.63) is 41.2 Å². The topological polar surface area (TPSA) is 138 Å². The third-order valence-electron chi connectivity index (χ3n) is 17.1. The van der Waals surface area contributed by atoms with Crippen molar-refractivity contribution in [1.82, 2.24) is 15.2 Å². The Morgan fingerprint density at radius 2 is 1.72 bits per heavy atom. The average Bonchev–Trinajstić information content (AvgIpc) is 3.46. The molecule has 1 heterocycles. The van der Waals surface area contributed by atoms with Crippen molar-refractivity contribution in [2.45, 2.75) is 145 Å². The minimum Gasteiger partial charge on any atom is -0.481 e. The Bertz CT molecular complexity index is 1710. The van der Waals surface area contributed by atoms with E-state index in [-0.39, 0.29) is 51.8 Å². The number of carbonyl (C=O) groups is 3. The molecule has 0 aromatic carbocycles. The number of nitrogens with one attached hydrogen (secondary N) is 1. The summed E-state index contributed by atoms with van der Waals surface area (Å²) in [6.07, 6.45) is 8.86. The molecule has 4 saturated carbocycles. The Labute approximate surface area is 348 Å². The number of allylic oxidation sites excluding steroid dienone is 1. The normalized spacial score (nSPS) is 34.9. The Morgan fingerprint density at radius 3 is 2.38 bits per heavy atom. The first kappa shape index (κ1) is 44.9. The molecule has 3 N–H and O–H groups in total. The molecule has 58 heavy (non-hydrogen) atoms. The van der Waals surface area contributed by atoms with E-state index < -0.39 is 28.9 Å². The molecule has 1 aromatic heterocycles. The van der Waals surface area contributed by atoms with E-state index in [0.717, 1.165) is 82.3 Å². The lowest BCUT2D eigenvalue weighted by molar-refractivity contribution is -0.235. The van der Waals surface area contributed by atoms with Crippen molar-refractivity contribution in [1.29, 1.82) is 0 Å².